The molecule has 9 heteroatoms. The van der Waals surface area contributed by atoms with E-state index in [1.165, 1.54) is 29.6 Å². The monoisotopic (exact) mass is 491 g/mol. The molecule has 4 aromatic rings. The van der Waals surface area contributed by atoms with Crippen molar-refractivity contribution in [3.05, 3.63) is 105 Å². The van der Waals surface area contributed by atoms with Crippen LogP contribution in [0.1, 0.15) is 32.6 Å². The zero-order chi connectivity index (χ0) is 25.2. The number of carbonyl (C=O) groups excluding carboxylic acids is 1. The molecule has 180 valence electrons. The van der Waals surface area contributed by atoms with Gasteiger partial charge in [0.05, 0.1) is 17.6 Å². The van der Waals surface area contributed by atoms with Crippen molar-refractivity contribution in [3.8, 4) is 0 Å². The number of hydrogen-bond acceptors (Lipinski definition) is 6. The normalized spacial score (nSPS) is 11.7. The van der Waals surface area contributed by atoms with Crippen LogP contribution in [-0.2, 0) is 27.8 Å². The SMILES string of the molecule is COC(=O)c1ccccc1S(=O)(=O)N(Cc1cccnc1)Cc1cc2c(C)cc(C)cc2[nH]c1=O. The summed E-state index contributed by atoms with van der Waals surface area (Å²) in [6.45, 7) is 3.63. The lowest BCUT2D eigenvalue weighted by atomic mass is 10.0. The van der Waals surface area contributed by atoms with Gasteiger partial charge in [-0.25, -0.2) is 13.2 Å². The number of fused-ring (bicyclic) bond motifs is 1. The number of benzene rings is 2. The van der Waals surface area contributed by atoms with E-state index in [1.807, 2.05) is 26.0 Å². The standard InChI is InChI=1S/C26H25N3O5S/c1-17-11-18(2)22-13-20(25(30)28-23(22)12-17)16-29(15-19-7-6-10-27-14-19)35(32,33)24-9-5-4-8-21(24)26(31)34-3/h4-14H,15-16H2,1-3H3,(H,28,30). The summed E-state index contributed by atoms with van der Waals surface area (Å²) in [6.07, 6.45) is 3.15. The number of H-pyrrole nitrogens is 1. The number of ether oxygens (including phenoxy) is 1. The Balaban J connectivity index is 1.84. The van der Waals surface area contributed by atoms with Gasteiger partial charge in [0.2, 0.25) is 10.0 Å². The minimum absolute atomic E-state index is 0.0456. The summed E-state index contributed by atoms with van der Waals surface area (Å²) in [4.78, 5) is 32.0. The highest BCUT2D eigenvalue weighted by molar-refractivity contribution is 7.89. The van der Waals surface area contributed by atoms with Gasteiger partial charge < -0.3 is 9.72 Å². The molecule has 0 aliphatic carbocycles. The van der Waals surface area contributed by atoms with E-state index in [1.54, 1.807) is 36.7 Å². The second-order valence-corrected chi connectivity index (χ2v) is 10.2. The van der Waals surface area contributed by atoms with Gasteiger partial charge in [-0.3, -0.25) is 9.78 Å². The number of esters is 1. The summed E-state index contributed by atoms with van der Waals surface area (Å²) >= 11 is 0. The van der Waals surface area contributed by atoms with Crippen molar-refractivity contribution in [3.63, 3.8) is 0 Å². The van der Waals surface area contributed by atoms with Crippen LogP contribution in [0.3, 0.4) is 0 Å². The molecule has 1 N–H and O–H groups in total. The third-order valence-electron chi connectivity index (χ3n) is 5.73. The molecule has 0 spiro atoms. The number of aromatic amines is 1. The van der Waals surface area contributed by atoms with E-state index in [2.05, 4.69) is 9.97 Å². The van der Waals surface area contributed by atoms with E-state index in [-0.39, 0.29) is 34.7 Å². The molecule has 4 rings (SSSR count). The zero-order valence-electron chi connectivity index (χ0n) is 19.6. The third kappa shape index (κ3) is 5.01. The maximum atomic E-state index is 13.9. The molecule has 35 heavy (non-hydrogen) atoms. The van der Waals surface area contributed by atoms with Gasteiger partial charge in [-0.05, 0) is 60.9 Å². The van der Waals surface area contributed by atoms with E-state index in [4.69, 9.17) is 4.74 Å². The van der Waals surface area contributed by atoms with E-state index in [0.29, 0.717) is 11.1 Å². The Morgan fingerprint density at radius 2 is 1.83 bits per heavy atom. The number of nitrogens with zero attached hydrogens (tertiary/aromatic N) is 2. The van der Waals surface area contributed by atoms with Gasteiger partial charge in [-0.2, -0.15) is 4.31 Å². The van der Waals surface area contributed by atoms with Gasteiger partial charge in [0.1, 0.15) is 0 Å². The predicted octanol–water partition coefficient (Wildman–Crippen LogP) is 3.72. The maximum absolute atomic E-state index is 13.9. The first-order valence-electron chi connectivity index (χ1n) is 10.9. The van der Waals surface area contributed by atoms with Crippen LogP contribution in [0.15, 0.2) is 76.7 Å². The number of carbonyl (C=O) groups is 1. The fourth-order valence-electron chi connectivity index (χ4n) is 4.05. The Morgan fingerprint density at radius 1 is 1.06 bits per heavy atom. The summed E-state index contributed by atoms with van der Waals surface area (Å²) in [6, 6.07) is 14.9. The van der Waals surface area contributed by atoms with Crippen molar-refractivity contribution in [2.75, 3.05) is 7.11 Å². The molecule has 0 atom stereocenters. The van der Waals surface area contributed by atoms with Crippen LogP contribution < -0.4 is 5.56 Å². The molecule has 2 aromatic heterocycles. The largest absolute Gasteiger partial charge is 0.465 e. The average molecular weight is 492 g/mol. The Morgan fingerprint density at radius 3 is 2.54 bits per heavy atom. The van der Waals surface area contributed by atoms with Crippen molar-refractivity contribution < 1.29 is 17.9 Å². The fourth-order valence-corrected chi connectivity index (χ4v) is 5.64. The van der Waals surface area contributed by atoms with Gasteiger partial charge in [-0.1, -0.05) is 24.3 Å². The van der Waals surface area contributed by atoms with E-state index in [0.717, 1.165) is 16.5 Å². The second-order valence-electron chi connectivity index (χ2n) is 8.29. The van der Waals surface area contributed by atoms with Gasteiger partial charge >= 0.3 is 5.97 Å². The van der Waals surface area contributed by atoms with Crippen molar-refractivity contribution in [1.82, 2.24) is 14.3 Å². The maximum Gasteiger partial charge on any atom is 0.339 e. The first kappa shape index (κ1) is 24.3. The topological polar surface area (TPSA) is 109 Å². The first-order chi connectivity index (χ1) is 16.7. The van der Waals surface area contributed by atoms with Crippen LogP contribution >= 0.6 is 0 Å². The van der Waals surface area contributed by atoms with Crippen LogP contribution in [0.4, 0.5) is 0 Å². The van der Waals surface area contributed by atoms with Gasteiger partial charge in [-0.15, -0.1) is 0 Å². The Kier molecular flexibility index (Phi) is 6.81. The number of aromatic nitrogens is 2. The molecule has 0 aliphatic rings. The molecule has 0 amide bonds. The van der Waals surface area contributed by atoms with Crippen LogP contribution in [0.5, 0.6) is 0 Å². The molecule has 2 heterocycles. The van der Waals surface area contributed by atoms with Gasteiger partial charge in [0.25, 0.3) is 5.56 Å². The minimum atomic E-state index is -4.22. The van der Waals surface area contributed by atoms with E-state index in [9.17, 15) is 18.0 Å². The smallest absolute Gasteiger partial charge is 0.339 e. The number of hydrogen-bond donors (Lipinski definition) is 1. The molecule has 0 fully saturated rings. The van der Waals surface area contributed by atoms with Gasteiger partial charge in [0.15, 0.2) is 0 Å². The summed E-state index contributed by atoms with van der Waals surface area (Å²) in [5.74, 6) is -0.764. The lowest BCUT2D eigenvalue weighted by Gasteiger charge is -2.23. The summed E-state index contributed by atoms with van der Waals surface area (Å²) < 4.78 is 33.7. The molecule has 0 aliphatic heterocycles. The summed E-state index contributed by atoms with van der Waals surface area (Å²) in [5.41, 5.74) is 3.13. The highest BCUT2D eigenvalue weighted by atomic mass is 32.2. The Bertz CT molecular complexity index is 1560. The first-order valence-corrected chi connectivity index (χ1v) is 12.3. The molecule has 0 bridgehead atoms. The highest BCUT2D eigenvalue weighted by Crippen LogP contribution is 2.25. The Labute approximate surface area is 203 Å². The fraction of sp³-hybridized carbons (Fsp3) is 0.192. The number of sulfonamides is 1. The molecule has 0 radical (unpaired) electrons. The molecule has 2 aromatic carbocycles. The molecule has 0 saturated carbocycles. The van der Waals surface area contributed by atoms with Crippen LogP contribution in [0, 0.1) is 13.8 Å². The summed E-state index contributed by atoms with van der Waals surface area (Å²) in [7, 11) is -3.03. The van der Waals surface area contributed by atoms with Crippen molar-refractivity contribution >= 4 is 26.9 Å². The second kappa shape index (κ2) is 9.81. The number of rotatable bonds is 7. The number of pyridine rings is 2. The van der Waals surface area contributed by atoms with Crippen LogP contribution in [-0.4, -0.2) is 35.8 Å². The number of methoxy groups -OCH3 is 1. The van der Waals surface area contributed by atoms with E-state index >= 15 is 0 Å². The van der Waals surface area contributed by atoms with Crippen molar-refractivity contribution in [2.45, 2.75) is 31.8 Å². The molecule has 0 saturated heterocycles. The van der Waals surface area contributed by atoms with Crippen molar-refractivity contribution in [2.24, 2.45) is 0 Å². The quantitative estimate of drug-likeness (QED) is 0.395. The van der Waals surface area contributed by atoms with Crippen LogP contribution in [0.25, 0.3) is 10.9 Å². The third-order valence-corrected chi connectivity index (χ3v) is 7.58. The minimum Gasteiger partial charge on any atom is -0.465 e. The van der Waals surface area contributed by atoms with Crippen LogP contribution in [0.2, 0.25) is 0 Å². The average Bonchev–Trinajstić information content (AvgIpc) is 2.84. The molecule has 8 nitrogen and oxygen atoms in total. The molecular formula is C26H25N3O5S. The molecule has 0 unspecified atom stereocenters. The van der Waals surface area contributed by atoms with E-state index < -0.39 is 16.0 Å². The highest BCUT2D eigenvalue weighted by Gasteiger charge is 2.30. The predicted molar refractivity (Wildman–Crippen MR) is 132 cm³/mol. The number of aryl methyl sites for hydroxylation is 2. The molecular weight excluding hydrogens is 466 g/mol. The number of nitrogens with one attached hydrogen (secondary N) is 1. The van der Waals surface area contributed by atoms with Crippen molar-refractivity contribution in [1.29, 1.82) is 0 Å². The lowest BCUT2D eigenvalue weighted by Crippen LogP contribution is -2.33. The Hall–Kier alpha value is -3.82. The summed E-state index contributed by atoms with van der Waals surface area (Å²) in [5, 5.41) is 0.832. The lowest BCUT2D eigenvalue weighted by molar-refractivity contribution is 0.0596. The van der Waals surface area contributed by atoms with Gasteiger partial charge in [0, 0.05) is 41.9 Å². The zero-order valence-corrected chi connectivity index (χ0v) is 20.4.